The van der Waals surface area contributed by atoms with Gasteiger partial charge in [-0.3, -0.25) is 0 Å². The molecule has 25 heavy (non-hydrogen) atoms. The molecule has 0 atom stereocenters. The third-order valence-corrected chi connectivity index (χ3v) is 4.75. The molecule has 0 unspecified atom stereocenters. The van der Waals surface area contributed by atoms with E-state index in [-0.39, 0.29) is 24.0 Å². The molecule has 0 N–H and O–H groups in total. The van der Waals surface area contributed by atoms with Gasteiger partial charge in [-0.1, -0.05) is 91.0 Å². The maximum Gasteiger partial charge on any atom is 0.105 e. The molecule has 0 bridgehead atoms. The monoisotopic (exact) mass is 443 g/mol. The van der Waals surface area contributed by atoms with Crippen molar-refractivity contribution in [2.45, 2.75) is 26.6 Å². The van der Waals surface area contributed by atoms with Crippen molar-refractivity contribution in [3.63, 3.8) is 0 Å². The van der Waals surface area contributed by atoms with Crippen molar-refractivity contribution in [3.8, 4) is 0 Å². The van der Waals surface area contributed by atoms with Crippen molar-refractivity contribution < 1.29 is 28.5 Å². The zero-order chi connectivity index (χ0) is 16.7. The summed E-state index contributed by atoms with van der Waals surface area (Å²) in [7, 11) is 0. The predicted molar refractivity (Wildman–Crippen MR) is 101 cm³/mol. The number of quaternary nitrogens is 1. The summed E-state index contributed by atoms with van der Waals surface area (Å²) in [4.78, 5) is 0. The van der Waals surface area contributed by atoms with E-state index < -0.39 is 0 Å². The van der Waals surface area contributed by atoms with E-state index in [1.807, 2.05) is 0 Å². The Bertz CT molecular complexity index is 624. The van der Waals surface area contributed by atoms with Crippen molar-refractivity contribution in [1.82, 2.24) is 0 Å². The predicted octanol–water partition coefficient (Wildman–Crippen LogP) is 2.43. The molecule has 3 aromatic carbocycles. The van der Waals surface area contributed by atoms with Crippen LogP contribution in [0.5, 0.6) is 0 Å². The summed E-state index contributed by atoms with van der Waals surface area (Å²) in [6, 6.07) is 32.6. The summed E-state index contributed by atoms with van der Waals surface area (Å²) in [6.07, 6.45) is 0. The molecule has 2 heteroatoms. The summed E-state index contributed by atoms with van der Waals surface area (Å²) in [5.74, 6) is 0. The minimum absolute atomic E-state index is 0. The second-order valence-corrected chi connectivity index (χ2v) is 6.59. The van der Waals surface area contributed by atoms with E-state index >= 15 is 0 Å². The van der Waals surface area contributed by atoms with Gasteiger partial charge in [0, 0.05) is 16.7 Å². The van der Waals surface area contributed by atoms with Crippen molar-refractivity contribution in [2.24, 2.45) is 0 Å². The largest absolute Gasteiger partial charge is 1.00 e. The molecule has 0 spiro atoms. The van der Waals surface area contributed by atoms with Crippen LogP contribution in [0.2, 0.25) is 0 Å². The van der Waals surface area contributed by atoms with Crippen LogP contribution in [0.25, 0.3) is 0 Å². The Labute approximate surface area is 168 Å². The van der Waals surface area contributed by atoms with Gasteiger partial charge in [-0.15, -0.1) is 0 Å². The number of hydrogen-bond donors (Lipinski definition) is 0. The van der Waals surface area contributed by atoms with Gasteiger partial charge in [0.15, 0.2) is 0 Å². The van der Waals surface area contributed by atoms with E-state index in [1.165, 1.54) is 16.7 Å². The highest BCUT2D eigenvalue weighted by molar-refractivity contribution is 5.17. The summed E-state index contributed by atoms with van der Waals surface area (Å²) in [5.41, 5.74) is 4.23. The van der Waals surface area contributed by atoms with E-state index in [2.05, 4.69) is 97.9 Å². The second kappa shape index (κ2) is 9.73. The normalized spacial score (nSPS) is 10.9. The molecule has 0 aliphatic heterocycles. The highest BCUT2D eigenvalue weighted by Gasteiger charge is 2.26. The van der Waals surface area contributed by atoms with Crippen LogP contribution in [0.15, 0.2) is 91.0 Å². The average molecular weight is 443 g/mol. The first kappa shape index (κ1) is 19.7. The molecule has 0 aliphatic rings. The lowest BCUT2D eigenvalue weighted by molar-refractivity contribution is -0.964. The summed E-state index contributed by atoms with van der Waals surface area (Å²) >= 11 is 0. The molecule has 0 heterocycles. The highest BCUT2D eigenvalue weighted by atomic mass is 127. The Balaban J connectivity index is 0.00000225. The zero-order valence-corrected chi connectivity index (χ0v) is 17.0. The summed E-state index contributed by atoms with van der Waals surface area (Å²) in [5, 5.41) is 0. The molecule has 0 aromatic heterocycles. The number of nitrogens with zero attached hydrogens (tertiary/aromatic N) is 1. The van der Waals surface area contributed by atoms with E-state index in [4.69, 9.17) is 0 Å². The average Bonchev–Trinajstić information content (AvgIpc) is 2.64. The van der Waals surface area contributed by atoms with E-state index in [0.29, 0.717) is 0 Å². The van der Waals surface area contributed by atoms with Gasteiger partial charge in [0.05, 0.1) is 6.54 Å². The first-order valence-corrected chi connectivity index (χ1v) is 8.76. The van der Waals surface area contributed by atoms with Crippen LogP contribution < -0.4 is 24.0 Å². The maximum absolute atomic E-state index is 2.31. The quantitative estimate of drug-likeness (QED) is 0.389. The fourth-order valence-electron chi connectivity index (χ4n) is 3.42. The van der Waals surface area contributed by atoms with Gasteiger partial charge in [-0.2, -0.15) is 0 Å². The van der Waals surface area contributed by atoms with Gasteiger partial charge in [-0.25, -0.2) is 0 Å². The molecular formula is C23H26IN. The van der Waals surface area contributed by atoms with E-state index in [9.17, 15) is 0 Å². The Kier molecular flexibility index (Phi) is 7.66. The smallest absolute Gasteiger partial charge is 0.105 e. The van der Waals surface area contributed by atoms with Gasteiger partial charge >= 0.3 is 0 Å². The number of hydrogen-bond acceptors (Lipinski definition) is 0. The lowest BCUT2D eigenvalue weighted by Crippen LogP contribution is -3.00. The van der Waals surface area contributed by atoms with Crippen LogP contribution in [0.4, 0.5) is 0 Å². The molecule has 3 aromatic rings. The fraction of sp³-hybridized carbons (Fsp3) is 0.217. The number of rotatable bonds is 7. The first-order valence-electron chi connectivity index (χ1n) is 8.76. The molecule has 1 nitrogen and oxygen atoms in total. The number of halogens is 1. The molecule has 0 saturated carbocycles. The lowest BCUT2D eigenvalue weighted by Gasteiger charge is -2.38. The van der Waals surface area contributed by atoms with Gasteiger partial charge < -0.3 is 28.5 Å². The molecule has 0 aliphatic carbocycles. The Morgan fingerprint density at radius 3 is 1.04 bits per heavy atom. The van der Waals surface area contributed by atoms with Gasteiger partial charge in [0.1, 0.15) is 19.6 Å². The second-order valence-electron chi connectivity index (χ2n) is 6.59. The maximum atomic E-state index is 2.31. The minimum Gasteiger partial charge on any atom is -1.00 e. The third-order valence-electron chi connectivity index (χ3n) is 4.75. The summed E-state index contributed by atoms with van der Waals surface area (Å²) < 4.78 is 1.04. The van der Waals surface area contributed by atoms with Gasteiger partial charge in [-0.05, 0) is 6.92 Å². The van der Waals surface area contributed by atoms with Crippen molar-refractivity contribution in [3.05, 3.63) is 108 Å². The van der Waals surface area contributed by atoms with Crippen molar-refractivity contribution >= 4 is 0 Å². The minimum atomic E-state index is 0. The van der Waals surface area contributed by atoms with E-state index in [0.717, 1.165) is 30.7 Å². The fourth-order valence-corrected chi connectivity index (χ4v) is 3.42. The van der Waals surface area contributed by atoms with Crippen LogP contribution >= 0.6 is 0 Å². The van der Waals surface area contributed by atoms with Crippen molar-refractivity contribution in [2.75, 3.05) is 6.54 Å². The molecule has 3 rings (SSSR count). The molecular weight excluding hydrogens is 417 g/mol. The first-order chi connectivity index (χ1) is 11.8. The zero-order valence-electron chi connectivity index (χ0n) is 14.8. The van der Waals surface area contributed by atoms with Crippen LogP contribution in [0.1, 0.15) is 23.6 Å². The van der Waals surface area contributed by atoms with Crippen molar-refractivity contribution in [1.29, 1.82) is 0 Å². The molecule has 130 valence electrons. The third kappa shape index (κ3) is 5.68. The molecule has 0 fully saturated rings. The lowest BCUT2D eigenvalue weighted by atomic mass is 10.1. The van der Waals surface area contributed by atoms with Gasteiger partial charge in [0.25, 0.3) is 0 Å². The van der Waals surface area contributed by atoms with Gasteiger partial charge in [0.2, 0.25) is 0 Å². The van der Waals surface area contributed by atoms with Crippen LogP contribution in [-0.2, 0) is 19.6 Å². The highest BCUT2D eigenvalue weighted by Crippen LogP contribution is 2.23. The van der Waals surface area contributed by atoms with E-state index in [1.54, 1.807) is 0 Å². The molecule has 0 saturated heterocycles. The Hall–Kier alpha value is -1.65. The molecule has 0 amide bonds. The SMILES string of the molecule is CC[N+](Cc1ccccc1)(Cc1ccccc1)Cc1ccccc1.[I-]. The Morgan fingerprint density at radius 1 is 0.520 bits per heavy atom. The van der Waals surface area contributed by atoms with Crippen LogP contribution in [0, 0.1) is 0 Å². The Morgan fingerprint density at radius 2 is 0.800 bits per heavy atom. The topological polar surface area (TPSA) is 0 Å². The molecule has 0 radical (unpaired) electrons. The van der Waals surface area contributed by atoms with Crippen LogP contribution in [-0.4, -0.2) is 11.0 Å². The number of benzene rings is 3. The standard InChI is InChI=1S/C23H26N.HI/c1-2-24(18-21-12-6-3-7-13-21,19-22-14-8-4-9-15-22)20-23-16-10-5-11-17-23;/h3-17H,2,18-20H2,1H3;1H/q+1;/p-1. The summed E-state index contributed by atoms with van der Waals surface area (Å²) in [6.45, 7) is 6.59. The van der Waals surface area contributed by atoms with Crippen LogP contribution in [0.3, 0.4) is 0 Å².